The molecule has 1 aliphatic rings. The number of allylic oxidation sites excluding steroid dienone is 1. The van der Waals surface area contributed by atoms with Gasteiger partial charge in [0, 0.05) is 5.56 Å². The zero-order chi connectivity index (χ0) is 19.9. The van der Waals surface area contributed by atoms with Crippen LogP contribution in [0.2, 0.25) is 0 Å². The molecule has 7 heteroatoms. The van der Waals surface area contributed by atoms with Crippen molar-refractivity contribution < 1.29 is 33.3 Å². The molecule has 1 aliphatic heterocycles. The zero-order valence-electron chi connectivity index (χ0n) is 15.4. The van der Waals surface area contributed by atoms with Crippen molar-refractivity contribution in [2.75, 3.05) is 27.1 Å². The minimum Gasteiger partial charge on any atom is -0.493 e. The van der Waals surface area contributed by atoms with Crippen LogP contribution in [0, 0.1) is 0 Å². The number of fused-ring (bicyclic) bond motifs is 1. The van der Waals surface area contributed by atoms with Crippen LogP contribution in [0.15, 0.2) is 49.1 Å². The van der Waals surface area contributed by atoms with Crippen molar-refractivity contribution in [3.63, 3.8) is 0 Å². The van der Waals surface area contributed by atoms with Crippen molar-refractivity contribution in [2.45, 2.75) is 6.42 Å². The number of benzene rings is 2. The Kier molecular flexibility index (Phi) is 6.16. The summed E-state index contributed by atoms with van der Waals surface area (Å²) in [5, 5.41) is 0. The molecule has 0 spiro atoms. The highest BCUT2D eigenvalue weighted by atomic mass is 16.7. The molecule has 0 bridgehead atoms. The first kappa shape index (κ1) is 19.3. The Morgan fingerprint density at radius 2 is 1.89 bits per heavy atom. The molecular formula is C21H20O7. The predicted octanol–water partition coefficient (Wildman–Crippen LogP) is 2.96. The molecule has 0 N–H and O–H groups in total. The van der Waals surface area contributed by atoms with Crippen molar-refractivity contribution >= 4 is 11.8 Å². The van der Waals surface area contributed by atoms with E-state index in [1.54, 1.807) is 30.3 Å². The molecule has 3 rings (SSSR count). The van der Waals surface area contributed by atoms with Crippen LogP contribution >= 0.6 is 0 Å². The van der Waals surface area contributed by atoms with E-state index in [2.05, 4.69) is 6.58 Å². The summed E-state index contributed by atoms with van der Waals surface area (Å²) in [5.41, 5.74) is 1.38. The third-order valence-electron chi connectivity index (χ3n) is 4.01. The Labute approximate surface area is 162 Å². The molecule has 0 atom stereocenters. The molecule has 0 fully saturated rings. The minimum absolute atomic E-state index is 0.122. The lowest BCUT2D eigenvalue weighted by atomic mass is 10.1. The summed E-state index contributed by atoms with van der Waals surface area (Å²) in [6.45, 7) is 3.08. The molecular weight excluding hydrogens is 364 g/mol. The van der Waals surface area contributed by atoms with Gasteiger partial charge in [-0.05, 0) is 42.3 Å². The summed E-state index contributed by atoms with van der Waals surface area (Å²) in [5.74, 6) is 0.977. The number of rotatable bonds is 9. The monoisotopic (exact) mass is 384 g/mol. The molecule has 0 aliphatic carbocycles. The smallest absolute Gasteiger partial charge is 0.344 e. The first-order valence-corrected chi connectivity index (χ1v) is 8.60. The van der Waals surface area contributed by atoms with Crippen molar-refractivity contribution in [3.8, 4) is 23.0 Å². The SMILES string of the molecule is C=CCc1ccc(OCC(=O)OCC(=O)c2ccc3c(c2)OCO3)c(OC)c1. The maximum atomic E-state index is 12.2. The van der Waals surface area contributed by atoms with Crippen LogP contribution in [0.5, 0.6) is 23.0 Å². The number of Topliss-reactive ketones (excluding diaryl/α,β-unsaturated/α-hetero) is 1. The van der Waals surface area contributed by atoms with Crippen molar-refractivity contribution in [1.29, 1.82) is 0 Å². The number of carbonyl (C=O) groups is 2. The van der Waals surface area contributed by atoms with Gasteiger partial charge in [-0.2, -0.15) is 0 Å². The van der Waals surface area contributed by atoms with Crippen LogP contribution in [-0.4, -0.2) is 38.9 Å². The largest absolute Gasteiger partial charge is 0.493 e. The first-order valence-electron chi connectivity index (χ1n) is 8.60. The van der Waals surface area contributed by atoms with E-state index in [1.807, 2.05) is 12.1 Å². The van der Waals surface area contributed by atoms with Crippen LogP contribution < -0.4 is 18.9 Å². The number of esters is 1. The van der Waals surface area contributed by atoms with E-state index >= 15 is 0 Å². The number of hydrogen-bond donors (Lipinski definition) is 0. The normalized spacial score (nSPS) is 11.6. The Morgan fingerprint density at radius 3 is 2.68 bits per heavy atom. The van der Waals surface area contributed by atoms with Gasteiger partial charge in [0.1, 0.15) is 0 Å². The maximum absolute atomic E-state index is 12.2. The molecule has 0 aromatic heterocycles. The Balaban J connectivity index is 1.50. The lowest BCUT2D eigenvalue weighted by Gasteiger charge is -2.11. The second-order valence-corrected chi connectivity index (χ2v) is 5.92. The van der Waals surface area contributed by atoms with Gasteiger partial charge in [0.25, 0.3) is 0 Å². The maximum Gasteiger partial charge on any atom is 0.344 e. The van der Waals surface area contributed by atoms with E-state index < -0.39 is 12.6 Å². The highest BCUT2D eigenvalue weighted by Gasteiger charge is 2.17. The van der Waals surface area contributed by atoms with Gasteiger partial charge >= 0.3 is 5.97 Å². The lowest BCUT2D eigenvalue weighted by molar-refractivity contribution is -0.144. The van der Waals surface area contributed by atoms with E-state index in [1.165, 1.54) is 7.11 Å². The average Bonchev–Trinajstić information content (AvgIpc) is 3.19. The molecule has 0 saturated carbocycles. The molecule has 0 unspecified atom stereocenters. The molecule has 0 amide bonds. The first-order chi connectivity index (χ1) is 13.6. The molecule has 28 heavy (non-hydrogen) atoms. The lowest BCUT2D eigenvalue weighted by Crippen LogP contribution is -2.19. The predicted molar refractivity (Wildman–Crippen MR) is 100 cm³/mol. The molecule has 0 radical (unpaired) electrons. The number of ether oxygens (including phenoxy) is 5. The topological polar surface area (TPSA) is 80.3 Å². The molecule has 2 aromatic rings. The van der Waals surface area contributed by atoms with Crippen molar-refractivity contribution in [2.24, 2.45) is 0 Å². The summed E-state index contributed by atoms with van der Waals surface area (Å²) in [6.07, 6.45) is 2.48. The summed E-state index contributed by atoms with van der Waals surface area (Å²) in [7, 11) is 1.52. The van der Waals surface area contributed by atoms with Gasteiger partial charge in [0.2, 0.25) is 6.79 Å². The minimum atomic E-state index is -0.661. The fourth-order valence-corrected chi connectivity index (χ4v) is 2.60. The number of ketones is 1. The molecule has 146 valence electrons. The van der Waals surface area contributed by atoms with Crippen molar-refractivity contribution in [3.05, 3.63) is 60.2 Å². The third kappa shape index (κ3) is 4.62. The Hall–Kier alpha value is -3.48. The molecule has 2 aromatic carbocycles. The summed E-state index contributed by atoms with van der Waals surface area (Å²) >= 11 is 0. The quantitative estimate of drug-likeness (QED) is 0.374. The second-order valence-electron chi connectivity index (χ2n) is 5.92. The van der Waals surface area contributed by atoms with E-state index in [0.29, 0.717) is 35.0 Å². The van der Waals surface area contributed by atoms with E-state index in [9.17, 15) is 9.59 Å². The zero-order valence-corrected chi connectivity index (χ0v) is 15.4. The van der Waals surface area contributed by atoms with Gasteiger partial charge in [-0.15, -0.1) is 6.58 Å². The van der Waals surface area contributed by atoms with Gasteiger partial charge in [-0.25, -0.2) is 4.79 Å². The number of methoxy groups -OCH3 is 1. The fraction of sp³-hybridized carbons (Fsp3) is 0.238. The second kappa shape index (κ2) is 8.94. The van der Waals surface area contributed by atoms with E-state index in [4.69, 9.17) is 23.7 Å². The van der Waals surface area contributed by atoms with Crippen LogP contribution in [0.1, 0.15) is 15.9 Å². The Bertz CT molecular complexity index is 888. The van der Waals surface area contributed by atoms with Gasteiger partial charge in [0.15, 0.2) is 42.0 Å². The highest BCUT2D eigenvalue weighted by Crippen LogP contribution is 2.32. The summed E-state index contributed by atoms with van der Waals surface area (Å²) < 4.78 is 26.1. The molecule has 0 saturated heterocycles. The summed E-state index contributed by atoms with van der Waals surface area (Å²) in [6, 6.07) is 10.2. The van der Waals surface area contributed by atoms with Crippen LogP contribution in [0.3, 0.4) is 0 Å². The standard InChI is InChI=1S/C21H20O7/c1-3-4-14-5-7-17(19(9-14)24-2)25-12-21(23)26-11-16(22)15-6-8-18-20(10-15)28-13-27-18/h3,5-10H,1,4,11-13H2,2H3. The van der Waals surface area contributed by atoms with E-state index in [0.717, 1.165) is 5.56 Å². The van der Waals surface area contributed by atoms with Crippen LogP contribution in [0.4, 0.5) is 0 Å². The number of carbonyl (C=O) groups excluding carboxylic acids is 2. The van der Waals surface area contributed by atoms with Crippen LogP contribution in [0.25, 0.3) is 0 Å². The molecule has 1 heterocycles. The third-order valence-corrected chi connectivity index (χ3v) is 4.01. The van der Waals surface area contributed by atoms with Gasteiger partial charge in [-0.1, -0.05) is 12.1 Å². The molecule has 7 nitrogen and oxygen atoms in total. The van der Waals surface area contributed by atoms with E-state index in [-0.39, 0.29) is 19.2 Å². The van der Waals surface area contributed by atoms with Gasteiger partial charge in [0.05, 0.1) is 7.11 Å². The van der Waals surface area contributed by atoms with Gasteiger partial charge < -0.3 is 23.7 Å². The number of hydrogen-bond acceptors (Lipinski definition) is 7. The summed E-state index contributed by atoms with van der Waals surface area (Å²) in [4.78, 5) is 24.1. The van der Waals surface area contributed by atoms with Crippen LogP contribution in [-0.2, 0) is 16.0 Å². The highest BCUT2D eigenvalue weighted by molar-refractivity contribution is 5.98. The Morgan fingerprint density at radius 1 is 1.07 bits per heavy atom. The van der Waals surface area contributed by atoms with Crippen molar-refractivity contribution in [1.82, 2.24) is 0 Å². The fourth-order valence-electron chi connectivity index (χ4n) is 2.60. The average molecular weight is 384 g/mol. The van der Waals surface area contributed by atoms with Gasteiger partial charge in [-0.3, -0.25) is 4.79 Å².